The van der Waals surface area contributed by atoms with E-state index in [0.29, 0.717) is 5.03 Å². The Morgan fingerprint density at radius 1 is 1.71 bits per heavy atom. The highest BCUT2D eigenvalue weighted by Gasteiger charge is 1.92. The molecule has 0 aromatic carbocycles. The molecule has 2 heteroatoms. The van der Waals surface area contributed by atoms with Crippen molar-refractivity contribution in [2.75, 3.05) is 0 Å². The number of allylic oxidation sites excluding steroid dienone is 2. The Bertz CT molecular complexity index is 105. The van der Waals surface area contributed by atoms with E-state index in [1.165, 1.54) is 6.92 Å². The predicted octanol–water partition coefficient (Wildman–Crippen LogP) is 1.72. The predicted molar refractivity (Wildman–Crippen MR) is 30.3 cm³/mol. The first-order valence-electron chi connectivity index (χ1n) is 2.01. The highest BCUT2D eigenvalue weighted by molar-refractivity contribution is 6.42. The minimum atomic E-state index is -0.0795. The molecule has 0 aliphatic rings. The van der Waals surface area contributed by atoms with Gasteiger partial charge in [0.2, 0.25) is 0 Å². The Kier molecular flexibility index (Phi) is 2.68. The van der Waals surface area contributed by atoms with E-state index in [-0.39, 0.29) is 5.78 Å². The molecule has 1 nitrogen and oxygen atoms in total. The van der Waals surface area contributed by atoms with E-state index in [2.05, 4.69) is 0 Å². The molecule has 0 heterocycles. The van der Waals surface area contributed by atoms with Crippen molar-refractivity contribution in [3.8, 4) is 0 Å². The van der Waals surface area contributed by atoms with Gasteiger partial charge in [-0.25, -0.2) is 0 Å². The molecule has 7 heavy (non-hydrogen) atoms. The maximum atomic E-state index is 10.2. The van der Waals surface area contributed by atoms with Gasteiger partial charge in [-0.3, -0.25) is 4.79 Å². The van der Waals surface area contributed by atoms with Crippen molar-refractivity contribution in [3.05, 3.63) is 11.1 Å². The second kappa shape index (κ2) is 2.80. The van der Waals surface area contributed by atoms with Crippen LogP contribution in [0.25, 0.3) is 0 Å². The zero-order valence-corrected chi connectivity index (χ0v) is 5.12. The van der Waals surface area contributed by atoms with Gasteiger partial charge < -0.3 is 0 Å². The minimum Gasteiger partial charge on any atom is -0.294 e. The largest absolute Gasteiger partial charge is 0.294 e. The van der Waals surface area contributed by atoms with Crippen molar-refractivity contribution < 1.29 is 4.79 Å². The number of halogens is 1. The third kappa shape index (κ3) is 2.40. The fraction of sp³-hybridized carbons (Fsp3) is 0.400. The molecule has 0 saturated heterocycles. The lowest BCUT2D eigenvalue weighted by Crippen LogP contribution is -1.85. The molecule has 0 aliphatic carbocycles. The monoisotopic (exact) mass is 118 g/mol. The van der Waals surface area contributed by atoms with E-state index in [4.69, 9.17) is 11.6 Å². The topological polar surface area (TPSA) is 17.1 Å². The highest BCUT2D eigenvalue weighted by Crippen LogP contribution is 1.99. The summed E-state index contributed by atoms with van der Waals surface area (Å²) in [6.07, 6.45) is 1.57. The summed E-state index contributed by atoms with van der Waals surface area (Å²) < 4.78 is 0. The molecule has 0 spiro atoms. The smallest absolute Gasteiger partial charge is 0.170 e. The van der Waals surface area contributed by atoms with E-state index < -0.39 is 0 Å². The normalized spacial score (nSPS) is 11.6. The Morgan fingerprint density at radius 3 is 2.14 bits per heavy atom. The summed E-state index contributed by atoms with van der Waals surface area (Å²) in [5.41, 5.74) is 0. The van der Waals surface area contributed by atoms with Crippen molar-refractivity contribution in [2.24, 2.45) is 0 Å². The molecule has 0 unspecified atom stereocenters. The van der Waals surface area contributed by atoms with Crippen molar-refractivity contribution in [3.63, 3.8) is 0 Å². The van der Waals surface area contributed by atoms with Crippen molar-refractivity contribution in [1.29, 1.82) is 0 Å². The molecule has 0 fully saturated rings. The number of ketones is 1. The summed E-state index contributed by atoms with van der Waals surface area (Å²) in [6.45, 7) is 3.16. The van der Waals surface area contributed by atoms with E-state index in [9.17, 15) is 4.79 Å². The van der Waals surface area contributed by atoms with Gasteiger partial charge in [-0.05, 0) is 6.92 Å². The SMILES string of the molecule is C/C=C(/Cl)C(C)=O. The van der Waals surface area contributed by atoms with Crippen molar-refractivity contribution in [2.45, 2.75) is 13.8 Å². The zero-order chi connectivity index (χ0) is 5.86. The molecular weight excluding hydrogens is 112 g/mol. The van der Waals surface area contributed by atoms with Crippen LogP contribution in [0.4, 0.5) is 0 Å². The Balaban J connectivity index is 3.82. The molecule has 0 rings (SSSR count). The van der Waals surface area contributed by atoms with E-state index in [1.54, 1.807) is 13.0 Å². The second-order valence-corrected chi connectivity index (χ2v) is 1.60. The number of hydrogen-bond donors (Lipinski definition) is 0. The maximum Gasteiger partial charge on any atom is 0.170 e. The molecule has 0 aromatic heterocycles. The van der Waals surface area contributed by atoms with Crippen LogP contribution in [0, 0.1) is 0 Å². The van der Waals surface area contributed by atoms with Crippen LogP contribution in [0.1, 0.15) is 13.8 Å². The van der Waals surface area contributed by atoms with Crippen molar-refractivity contribution in [1.82, 2.24) is 0 Å². The summed E-state index contributed by atoms with van der Waals surface area (Å²) in [6, 6.07) is 0. The summed E-state index contributed by atoms with van der Waals surface area (Å²) >= 11 is 5.31. The van der Waals surface area contributed by atoms with Crippen LogP contribution in [0.5, 0.6) is 0 Å². The Hall–Kier alpha value is -0.300. The third-order valence-corrected chi connectivity index (χ3v) is 1.07. The summed E-state index contributed by atoms with van der Waals surface area (Å²) in [4.78, 5) is 10.2. The van der Waals surface area contributed by atoms with Crippen LogP contribution in [-0.2, 0) is 4.79 Å². The average Bonchev–Trinajstić information content (AvgIpc) is 1.65. The van der Waals surface area contributed by atoms with Gasteiger partial charge in [0.1, 0.15) is 0 Å². The molecule has 0 aromatic rings. The van der Waals surface area contributed by atoms with Crippen LogP contribution < -0.4 is 0 Å². The van der Waals surface area contributed by atoms with Crippen LogP contribution in [-0.4, -0.2) is 5.78 Å². The van der Waals surface area contributed by atoms with Gasteiger partial charge in [0.25, 0.3) is 0 Å². The van der Waals surface area contributed by atoms with Crippen LogP contribution >= 0.6 is 11.6 Å². The lowest BCUT2D eigenvalue weighted by molar-refractivity contribution is -0.113. The third-order valence-electron chi connectivity index (χ3n) is 0.590. The molecular formula is C5H7ClO. The quantitative estimate of drug-likeness (QED) is 0.479. The van der Waals surface area contributed by atoms with E-state index in [0.717, 1.165) is 0 Å². The zero-order valence-electron chi connectivity index (χ0n) is 4.36. The molecule has 0 N–H and O–H groups in total. The Morgan fingerprint density at radius 2 is 2.14 bits per heavy atom. The minimum absolute atomic E-state index is 0.0795. The highest BCUT2D eigenvalue weighted by atomic mass is 35.5. The summed E-state index contributed by atoms with van der Waals surface area (Å²) in [5, 5.41) is 0.306. The van der Waals surface area contributed by atoms with Crippen molar-refractivity contribution >= 4 is 17.4 Å². The van der Waals surface area contributed by atoms with Gasteiger partial charge in [0.15, 0.2) is 5.78 Å². The van der Waals surface area contributed by atoms with Crippen LogP contribution in [0.15, 0.2) is 11.1 Å². The van der Waals surface area contributed by atoms with Gasteiger partial charge >= 0.3 is 0 Å². The van der Waals surface area contributed by atoms with Gasteiger partial charge in [-0.2, -0.15) is 0 Å². The maximum absolute atomic E-state index is 10.2. The number of carbonyl (C=O) groups excluding carboxylic acids is 1. The fourth-order valence-corrected chi connectivity index (χ4v) is 0.203. The molecule has 0 radical (unpaired) electrons. The first-order chi connectivity index (χ1) is 3.18. The first-order valence-corrected chi connectivity index (χ1v) is 2.39. The van der Waals surface area contributed by atoms with Gasteiger partial charge in [0.05, 0.1) is 5.03 Å². The molecule has 40 valence electrons. The molecule has 0 bridgehead atoms. The van der Waals surface area contributed by atoms with Crippen LogP contribution in [0.3, 0.4) is 0 Å². The van der Waals surface area contributed by atoms with E-state index in [1.807, 2.05) is 0 Å². The standard InChI is InChI=1S/C5H7ClO/c1-3-5(6)4(2)7/h3H,1-2H3/b5-3+. The number of hydrogen-bond acceptors (Lipinski definition) is 1. The van der Waals surface area contributed by atoms with Gasteiger partial charge in [-0.1, -0.05) is 17.7 Å². The Labute approximate surface area is 48.0 Å². The molecule has 0 saturated carbocycles. The summed E-state index contributed by atoms with van der Waals surface area (Å²) in [7, 11) is 0. The fourth-order valence-electron chi connectivity index (χ4n) is 0.203. The number of rotatable bonds is 1. The lowest BCUT2D eigenvalue weighted by Gasteiger charge is -1.82. The summed E-state index contributed by atoms with van der Waals surface area (Å²) in [5.74, 6) is -0.0795. The molecule has 0 aliphatic heterocycles. The van der Waals surface area contributed by atoms with Gasteiger partial charge in [0, 0.05) is 6.92 Å². The molecule has 0 amide bonds. The second-order valence-electron chi connectivity index (χ2n) is 1.19. The van der Waals surface area contributed by atoms with Crippen LogP contribution in [0.2, 0.25) is 0 Å². The lowest BCUT2D eigenvalue weighted by atomic mass is 10.4. The average molecular weight is 119 g/mol. The number of Topliss-reactive ketones (excluding diaryl/α,β-unsaturated/α-hetero) is 1. The van der Waals surface area contributed by atoms with E-state index >= 15 is 0 Å². The molecule has 0 atom stereocenters. The first kappa shape index (κ1) is 6.70. The van der Waals surface area contributed by atoms with Gasteiger partial charge in [-0.15, -0.1) is 0 Å². The number of carbonyl (C=O) groups is 1.